The molecule has 0 radical (unpaired) electrons. The van der Waals surface area contributed by atoms with E-state index in [2.05, 4.69) is 87.2 Å². The molecule has 1 saturated heterocycles. The van der Waals surface area contributed by atoms with Gasteiger partial charge in [0.2, 0.25) is 11.8 Å². The van der Waals surface area contributed by atoms with Crippen LogP contribution in [0.3, 0.4) is 0 Å². The van der Waals surface area contributed by atoms with Gasteiger partial charge in [-0.15, -0.1) is 0 Å². The van der Waals surface area contributed by atoms with Crippen LogP contribution in [0.25, 0.3) is 21.8 Å². The summed E-state index contributed by atoms with van der Waals surface area (Å²) in [6.07, 6.45) is 4.22. The number of H-pyrrole nitrogens is 1. The number of hydrogen-bond acceptors (Lipinski definition) is 2. The molecule has 0 bridgehead atoms. The lowest BCUT2D eigenvalue weighted by Gasteiger charge is -2.27. The first-order valence-electron chi connectivity index (χ1n) is 12.9. The lowest BCUT2D eigenvalue weighted by atomic mass is 10.1. The van der Waals surface area contributed by atoms with Crippen molar-refractivity contribution < 1.29 is 4.74 Å². The summed E-state index contributed by atoms with van der Waals surface area (Å²) in [6.45, 7) is 8.37. The summed E-state index contributed by atoms with van der Waals surface area (Å²) >= 11 is 0. The molecule has 4 aromatic rings. The Balaban J connectivity index is 1.35. The number of fused-ring (bicyclic) bond motifs is 3. The molecule has 4 N–H and O–H groups in total. The number of aromatic nitrogens is 1. The number of piperidine rings is 1. The molecule has 7 heteroatoms. The number of nitrogens with one attached hydrogen (secondary N) is 2. The molecule has 0 atom stereocenters. The number of anilines is 1. The molecule has 7 nitrogen and oxygen atoms in total. The van der Waals surface area contributed by atoms with Gasteiger partial charge in [-0.05, 0) is 62.6 Å². The Bertz CT molecular complexity index is 1440. The highest BCUT2D eigenvalue weighted by Crippen LogP contribution is 2.27. The third kappa shape index (κ3) is 6.12. The van der Waals surface area contributed by atoms with Crippen LogP contribution in [-0.4, -0.2) is 41.5 Å². The fraction of sp³-hybridized carbons (Fsp3) is 0.267. The number of guanidine groups is 2. The van der Waals surface area contributed by atoms with Crippen LogP contribution in [0.1, 0.15) is 30.4 Å². The van der Waals surface area contributed by atoms with Gasteiger partial charge in [0.05, 0.1) is 6.61 Å². The number of nitrogens with two attached hydrogens (primary N) is 1. The third-order valence-corrected chi connectivity index (χ3v) is 6.67. The van der Waals surface area contributed by atoms with Gasteiger partial charge in [-0.1, -0.05) is 48.0 Å². The molecule has 2 heterocycles. The molecular weight excluding hydrogens is 460 g/mol. The van der Waals surface area contributed by atoms with Gasteiger partial charge in [0, 0.05) is 47.0 Å². The van der Waals surface area contributed by atoms with Crippen LogP contribution in [0, 0.1) is 6.92 Å². The maximum absolute atomic E-state index is 6.40. The molecule has 1 aromatic heterocycles. The van der Waals surface area contributed by atoms with Gasteiger partial charge < -0.3 is 25.7 Å². The molecule has 37 heavy (non-hydrogen) atoms. The van der Waals surface area contributed by atoms with E-state index in [4.69, 9.17) is 10.5 Å². The zero-order chi connectivity index (χ0) is 25.6. The molecule has 5 rings (SSSR count). The van der Waals surface area contributed by atoms with E-state index in [-0.39, 0.29) is 5.88 Å². The molecular formula is C30H34N6O. The first-order valence-corrected chi connectivity index (χ1v) is 12.9. The normalized spacial score (nSPS) is 14.8. The van der Waals surface area contributed by atoms with Crippen molar-refractivity contribution in [1.29, 1.82) is 0 Å². The zero-order valence-electron chi connectivity index (χ0n) is 21.3. The topological polar surface area (TPSA) is 91.0 Å². The van der Waals surface area contributed by atoms with Crippen molar-refractivity contribution in [2.75, 3.05) is 25.0 Å². The summed E-state index contributed by atoms with van der Waals surface area (Å²) in [6, 6.07) is 22.9. The van der Waals surface area contributed by atoms with Gasteiger partial charge in [-0.2, -0.15) is 9.98 Å². The van der Waals surface area contributed by atoms with Crippen molar-refractivity contribution in [2.45, 2.75) is 32.6 Å². The Morgan fingerprint density at radius 1 is 0.973 bits per heavy atom. The number of hydrogen-bond donors (Lipinski definition) is 3. The standard InChI is InChI=1S/C30H34N6O/c1-21-10-12-23(13-11-21)16-19-37-22(2)32-30(35-29(31)36-17-6-3-7-18-36)33-24-14-15-28-26(20-24)25-8-4-5-9-27(25)34-28/h4-5,8-15,20,34H,2-3,6-7,16-19H2,1H3,(H3,31,32,33,35). The van der Waals surface area contributed by atoms with Crippen molar-refractivity contribution >= 4 is 39.4 Å². The largest absolute Gasteiger partial charge is 0.478 e. The summed E-state index contributed by atoms with van der Waals surface area (Å²) in [7, 11) is 0. The molecule has 0 amide bonds. The number of benzene rings is 3. The number of nitrogens with zero attached hydrogens (tertiary/aromatic N) is 3. The Hall–Kier alpha value is -4.26. The Kier molecular flexibility index (Phi) is 7.40. The maximum atomic E-state index is 6.40. The second-order valence-electron chi connectivity index (χ2n) is 9.49. The highest BCUT2D eigenvalue weighted by Gasteiger charge is 2.14. The number of aromatic amines is 1. The van der Waals surface area contributed by atoms with E-state index in [9.17, 15) is 0 Å². The van der Waals surface area contributed by atoms with E-state index in [1.165, 1.54) is 22.9 Å². The van der Waals surface area contributed by atoms with Crippen LogP contribution in [-0.2, 0) is 11.2 Å². The molecule has 0 spiro atoms. The van der Waals surface area contributed by atoms with Gasteiger partial charge in [0.1, 0.15) is 0 Å². The number of aliphatic imine (C=N–C) groups is 2. The Morgan fingerprint density at radius 2 is 1.73 bits per heavy atom. The number of para-hydroxylation sites is 1. The minimum atomic E-state index is 0.290. The van der Waals surface area contributed by atoms with Crippen LogP contribution >= 0.6 is 0 Å². The molecule has 1 aliphatic rings. The van der Waals surface area contributed by atoms with Gasteiger partial charge in [-0.3, -0.25) is 0 Å². The minimum Gasteiger partial charge on any atom is -0.478 e. The number of rotatable bonds is 6. The number of ether oxygens (including phenoxy) is 1. The number of aryl methyl sites for hydroxylation is 1. The average Bonchev–Trinajstić information content (AvgIpc) is 3.28. The molecule has 0 unspecified atom stereocenters. The molecule has 190 valence electrons. The first kappa shape index (κ1) is 24.4. The van der Waals surface area contributed by atoms with E-state index >= 15 is 0 Å². The minimum absolute atomic E-state index is 0.290. The monoisotopic (exact) mass is 494 g/mol. The van der Waals surface area contributed by atoms with Crippen molar-refractivity contribution in [2.24, 2.45) is 15.7 Å². The van der Waals surface area contributed by atoms with Crippen molar-refractivity contribution in [3.05, 3.63) is 90.3 Å². The van der Waals surface area contributed by atoms with Gasteiger partial charge >= 0.3 is 0 Å². The zero-order valence-corrected chi connectivity index (χ0v) is 21.3. The molecule has 1 fully saturated rings. The highest BCUT2D eigenvalue weighted by molar-refractivity contribution is 6.09. The second-order valence-corrected chi connectivity index (χ2v) is 9.49. The Morgan fingerprint density at radius 3 is 2.54 bits per heavy atom. The van der Waals surface area contributed by atoms with Gasteiger partial charge in [-0.25, -0.2) is 0 Å². The predicted molar refractivity (Wildman–Crippen MR) is 154 cm³/mol. The summed E-state index contributed by atoms with van der Waals surface area (Å²) in [4.78, 5) is 14.8. The first-order chi connectivity index (χ1) is 18.0. The van der Waals surface area contributed by atoms with Crippen LogP contribution in [0.5, 0.6) is 0 Å². The quantitative estimate of drug-likeness (QED) is 0.176. The fourth-order valence-electron chi connectivity index (χ4n) is 4.63. The second kappa shape index (κ2) is 11.2. The van der Waals surface area contributed by atoms with E-state index in [1.807, 2.05) is 18.2 Å². The average molecular weight is 495 g/mol. The molecule has 1 aliphatic heterocycles. The van der Waals surface area contributed by atoms with Crippen molar-refractivity contribution in [1.82, 2.24) is 9.88 Å². The number of likely N-dealkylation sites (tertiary alicyclic amines) is 1. The van der Waals surface area contributed by atoms with Gasteiger partial charge in [0.25, 0.3) is 0 Å². The lowest BCUT2D eigenvalue weighted by molar-refractivity contribution is 0.215. The SMILES string of the molecule is C=C(/N=C(\N=C(/N)N1CCCCC1)Nc1ccc2[nH]c3ccccc3c2c1)OCCc1ccc(C)cc1. The van der Waals surface area contributed by atoms with Crippen molar-refractivity contribution in [3.63, 3.8) is 0 Å². The maximum Gasteiger partial charge on any atom is 0.233 e. The van der Waals surface area contributed by atoms with Gasteiger partial charge in [0.15, 0.2) is 5.96 Å². The molecule has 3 aromatic carbocycles. The smallest absolute Gasteiger partial charge is 0.233 e. The fourth-order valence-corrected chi connectivity index (χ4v) is 4.63. The van der Waals surface area contributed by atoms with E-state index in [1.54, 1.807) is 0 Å². The summed E-state index contributed by atoms with van der Waals surface area (Å²) < 4.78 is 5.84. The van der Waals surface area contributed by atoms with E-state index < -0.39 is 0 Å². The van der Waals surface area contributed by atoms with Crippen LogP contribution in [0.2, 0.25) is 0 Å². The molecule has 0 aliphatic carbocycles. The van der Waals surface area contributed by atoms with Crippen LogP contribution in [0.15, 0.2) is 89.2 Å². The third-order valence-electron chi connectivity index (χ3n) is 6.67. The Labute approximate surface area is 217 Å². The molecule has 0 saturated carbocycles. The summed E-state index contributed by atoms with van der Waals surface area (Å²) in [5.41, 5.74) is 11.9. The van der Waals surface area contributed by atoms with E-state index in [0.29, 0.717) is 18.5 Å². The predicted octanol–water partition coefficient (Wildman–Crippen LogP) is 5.93. The lowest BCUT2D eigenvalue weighted by Crippen LogP contribution is -2.41. The van der Waals surface area contributed by atoms with Crippen LogP contribution < -0.4 is 11.1 Å². The summed E-state index contributed by atoms with van der Waals surface area (Å²) in [5, 5.41) is 5.63. The van der Waals surface area contributed by atoms with Crippen molar-refractivity contribution in [3.8, 4) is 0 Å². The summed E-state index contributed by atoms with van der Waals surface area (Å²) in [5.74, 6) is 1.09. The van der Waals surface area contributed by atoms with E-state index in [0.717, 1.165) is 54.5 Å². The highest BCUT2D eigenvalue weighted by atomic mass is 16.5. The van der Waals surface area contributed by atoms with Crippen LogP contribution in [0.4, 0.5) is 5.69 Å².